The van der Waals surface area contributed by atoms with Crippen LogP contribution in [0.3, 0.4) is 0 Å². The Hall–Kier alpha value is -2.01. The third-order valence-corrected chi connectivity index (χ3v) is 1.77. The van der Waals surface area contributed by atoms with E-state index in [0.717, 1.165) is 18.2 Å². The standard InChI is InChI=1S/C11H9FO3.CH5N/c1-15-8-4-5-9(10(12)7-8)11(14)3-2-6-13;1-2/h2-7H,1H3;2H2,1H3/b3-2+;. The second-order valence-electron chi connectivity index (χ2n) is 2.71. The molecule has 5 heteroatoms. The fourth-order valence-electron chi connectivity index (χ4n) is 1.04. The van der Waals surface area contributed by atoms with Gasteiger partial charge in [-0.15, -0.1) is 0 Å². The fraction of sp³-hybridized carbons (Fsp3) is 0.167. The molecule has 0 aromatic heterocycles. The van der Waals surface area contributed by atoms with Crippen molar-refractivity contribution in [1.82, 2.24) is 0 Å². The van der Waals surface area contributed by atoms with E-state index in [-0.39, 0.29) is 5.56 Å². The summed E-state index contributed by atoms with van der Waals surface area (Å²) in [6.07, 6.45) is 2.49. The molecule has 1 rings (SSSR count). The number of rotatable bonds is 4. The van der Waals surface area contributed by atoms with E-state index in [1.807, 2.05) is 0 Å². The summed E-state index contributed by atoms with van der Waals surface area (Å²) in [7, 11) is 2.91. The van der Waals surface area contributed by atoms with E-state index in [4.69, 9.17) is 4.74 Å². The maximum atomic E-state index is 13.3. The number of halogens is 1. The molecular formula is C12H14FNO3. The van der Waals surface area contributed by atoms with Crippen LogP contribution in [0.2, 0.25) is 0 Å². The fourth-order valence-corrected chi connectivity index (χ4v) is 1.04. The predicted octanol–water partition coefficient (Wildman–Crippen LogP) is 1.35. The van der Waals surface area contributed by atoms with E-state index in [1.54, 1.807) is 0 Å². The van der Waals surface area contributed by atoms with Crippen LogP contribution >= 0.6 is 0 Å². The van der Waals surface area contributed by atoms with Crippen molar-refractivity contribution in [2.45, 2.75) is 0 Å². The van der Waals surface area contributed by atoms with Crippen LogP contribution in [0.5, 0.6) is 5.75 Å². The van der Waals surface area contributed by atoms with Crippen molar-refractivity contribution in [3.63, 3.8) is 0 Å². The van der Waals surface area contributed by atoms with Crippen molar-refractivity contribution >= 4 is 12.1 Å². The minimum atomic E-state index is -0.671. The molecule has 0 unspecified atom stereocenters. The molecule has 0 fully saturated rings. The van der Waals surface area contributed by atoms with Gasteiger partial charge in [0.15, 0.2) is 5.78 Å². The molecule has 0 atom stereocenters. The summed E-state index contributed by atoms with van der Waals surface area (Å²) in [5, 5.41) is 0. The first-order chi connectivity index (χ1) is 8.19. The first kappa shape index (κ1) is 15.0. The molecule has 0 bridgehead atoms. The van der Waals surface area contributed by atoms with Gasteiger partial charge in [0, 0.05) is 6.07 Å². The second kappa shape index (κ2) is 8.18. The van der Waals surface area contributed by atoms with Crippen molar-refractivity contribution in [2.24, 2.45) is 5.73 Å². The molecule has 0 radical (unpaired) electrons. The number of aldehydes is 1. The van der Waals surface area contributed by atoms with E-state index in [1.165, 1.54) is 26.3 Å². The average molecular weight is 239 g/mol. The Morgan fingerprint density at radius 1 is 1.41 bits per heavy atom. The van der Waals surface area contributed by atoms with Crippen LogP contribution in [-0.4, -0.2) is 26.2 Å². The minimum Gasteiger partial charge on any atom is -0.497 e. The maximum absolute atomic E-state index is 13.3. The number of benzene rings is 1. The average Bonchev–Trinajstić information content (AvgIpc) is 2.38. The van der Waals surface area contributed by atoms with Gasteiger partial charge in [-0.1, -0.05) is 0 Å². The number of allylic oxidation sites excluding steroid dienone is 2. The molecular weight excluding hydrogens is 225 g/mol. The Labute approximate surface area is 98.9 Å². The van der Waals surface area contributed by atoms with Crippen molar-refractivity contribution in [1.29, 1.82) is 0 Å². The molecule has 2 N–H and O–H groups in total. The van der Waals surface area contributed by atoms with E-state index in [2.05, 4.69) is 5.73 Å². The lowest BCUT2D eigenvalue weighted by Crippen LogP contribution is -1.99. The molecule has 0 amide bonds. The van der Waals surface area contributed by atoms with E-state index in [0.29, 0.717) is 12.0 Å². The lowest BCUT2D eigenvalue weighted by atomic mass is 10.1. The van der Waals surface area contributed by atoms with E-state index >= 15 is 0 Å². The van der Waals surface area contributed by atoms with Gasteiger partial charge in [-0.05, 0) is 31.3 Å². The van der Waals surface area contributed by atoms with E-state index in [9.17, 15) is 14.0 Å². The van der Waals surface area contributed by atoms with Crippen molar-refractivity contribution in [3.8, 4) is 5.75 Å². The minimum absolute atomic E-state index is 0.0890. The monoisotopic (exact) mass is 239 g/mol. The molecule has 92 valence electrons. The number of nitrogens with two attached hydrogens (primary N) is 1. The zero-order valence-corrected chi connectivity index (χ0v) is 9.64. The molecule has 0 saturated heterocycles. The van der Waals surface area contributed by atoms with E-state index < -0.39 is 11.6 Å². The van der Waals surface area contributed by atoms with Crippen LogP contribution in [0.15, 0.2) is 30.4 Å². The molecule has 1 aromatic rings. The summed E-state index contributed by atoms with van der Waals surface area (Å²) >= 11 is 0. The Kier molecular flexibility index (Phi) is 7.21. The van der Waals surface area contributed by atoms with Crippen LogP contribution in [0.1, 0.15) is 10.4 Å². The number of carbonyl (C=O) groups is 2. The Morgan fingerprint density at radius 3 is 2.53 bits per heavy atom. The van der Waals surface area contributed by atoms with Crippen molar-refractivity contribution < 1.29 is 18.7 Å². The SMILES string of the molecule is CN.COc1ccc(C(=O)/C=C/C=O)c(F)c1. The first-order valence-electron chi connectivity index (χ1n) is 4.76. The number of ether oxygens (including phenoxy) is 1. The molecule has 0 aliphatic heterocycles. The van der Waals surface area contributed by atoms with Gasteiger partial charge >= 0.3 is 0 Å². The quantitative estimate of drug-likeness (QED) is 0.489. The Morgan fingerprint density at radius 2 is 2.06 bits per heavy atom. The second-order valence-corrected chi connectivity index (χ2v) is 2.71. The zero-order chi connectivity index (χ0) is 13.3. The molecule has 0 heterocycles. The van der Waals surface area contributed by atoms with Crippen molar-refractivity contribution in [3.05, 3.63) is 41.7 Å². The normalized spacial score (nSPS) is 9.41. The van der Waals surface area contributed by atoms with Crippen LogP contribution in [-0.2, 0) is 4.79 Å². The van der Waals surface area contributed by atoms with Crippen LogP contribution in [0, 0.1) is 5.82 Å². The molecule has 17 heavy (non-hydrogen) atoms. The summed E-state index contributed by atoms with van der Waals surface area (Å²) < 4.78 is 18.1. The molecule has 0 spiro atoms. The number of methoxy groups -OCH3 is 1. The highest BCUT2D eigenvalue weighted by atomic mass is 19.1. The van der Waals surface area contributed by atoms with Gasteiger partial charge in [0.2, 0.25) is 0 Å². The number of ketones is 1. The number of hydrogen-bond acceptors (Lipinski definition) is 4. The highest BCUT2D eigenvalue weighted by molar-refractivity contribution is 6.06. The van der Waals surface area contributed by atoms with Gasteiger partial charge in [0.1, 0.15) is 17.9 Å². The lowest BCUT2D eigenvalue weighted by Gasteiger charge is -2.02. The largest absolute Gasteiger partial charge is 0.497 e. The lowest BCUT2D eigenvalue weighted by molar-refractivity contribution is -0.104. The van der Waals surface area contributed by atoms with Crippen LogP contribution in [0.4, 0.5) is 4.39 Å². The predicted molar refractivity (Wildman–Crippen MR) is 62.6 cm³/mol. The smallest absolute Gasteiger partial charge is 0.188 e. The highest BCUT2D eigenvalue weighted by Gasteiger charge is 2.09. The van der Waals surface area contributed by atoms with Gasteiger partial charge in [-0.2, -0.15) is 0 Å². The topological polar surface area (TPSA) is 69.4 Å². The third kappa shape index (κ3) is 4.56. The first-order valence-corrected chi connectivity index (χ1v) is 4.76. The third-order valence-electron chi connectivity index (χ3n) is 1.77. The molecule has 0 aliphatic carbocycles. The van der Waals surface area contributed by atoms with Crippen LogP contribution < -0.4 is 10.5 Å². The summed E-state index contributed by atoms with van der Waals surface area (Å²) in [5.41, 5.74) is 4.41. The molecule has 4 nitrogen and oxygen atoms in total. The molecule has 0 saturated carbocycles. The van der Waals surface area contributed by atoms with Gasteiger partial charge in [-0.3, -0.25) is 9.59 Å². The molecule has 1 aromatic carbocycles. The summed E-state index contributed by atoms with van der Waals surface area (Å²) in [5.74, 6) is -0.888. The molecule has 0 aliphatic rings. The summed E-state index contributed by atoms with van der Waals surface area (Å²) in [6, 6.07) is 3.90. The van der Waals surface area contributed by atoms with Crippen molar-refractivity contribution in [2.75, 3.05) is 14.2 Å². The number of carbonyl (C=O) groups excluding carboxylic acids is 2. The Bertz CT molecular complexity index is 416. The van der Waals surface area contributed by atoms with Gasteiger partial charge in [-0.25, -0.2) is 4.39 Å². The Balaban J connectivity index is 0.00000121. The summed E-state index contributed by atoms with van der Waals surface area (Å²) in [6.45, 7) is 0. The van der Waals surface area contributed by atoms with Gasteiger partial charge in [0.25, 0.3) is 0 Å². The zero-order valence-electron chi connectivity index (χ0n) is 9.64. The summed E-state index contributed by atoms with van der Waals surface area (Å²) in [4.78, 5) is 21.3. The maximum Gasteiger partial charge on any atom is 0.188 e. The number of hydrogen-bond donors (Lipinski definition) is 1. The highest BCUT2D eigenvalue weighted by Crippen LogP contribution is 2.16. The van der Waals surface area contributed by atoms with Crippen LogP contribution in [0.25, 0.3) is 0 Å². The van der Waals surface area contributed by atoms with Gasteiger partial charge < -0.3 is 10.5 Å². The van der Waals surface area contributed by atoms with Gasteiger partial charge in [0.05, 0.1) is 12.7 Å².